The Balaban J connectivity index is 1.94. The molecule has 0 radical (unpaired) electrons. The van der Waals surface area contributed by atoms with Crippen molar-refractivity contribution in [3.05, 3.63) is 59.9 Å². The van der Waals surface area contributed by atoms with Crippen LogP contribution in [0.2, 0.25) is 0 Å². The fourth-order valence-electron chi connectivity index (χ4n) is 2.31. The van der Waals surface area contributed by atoms with Crippen LogP contribution in [0.5, 0.6) is 5.75 Å². The Morgan fingerprint density at radius 3 is 2.15 bits per heavy atom. The van der Waals surface area contributed by atoms with Gasteiger partial charge in [0.2, 0.25) is 0 Å². The molecule has 1 heterocycles. The molecule has 0 saturated heterocycles. The molecule has 6 heteroatoms. The first kappa shape index (κ1) is 20.6. The summed E-state index contributed by atoms with van der Waals surface area (Å²) in [6, 6.07) is 11.4. The summed E-state index contributed by atoms with van der Waals surface area (Å²) in [5.41, 5.74) is 1.08. The maximum Gasteiger partial charge on any atom is 0.263 e. The highest BCUT2D eigenvalue weighted by Crippen LogP contribution is 2.20. The van der Waals surface area contributed by atoms with Crippen LogP contribution in [0.4, 0.5) is 0 Å². The van der Waals surface area contributed by atoms with Gasteiger partial charge in [-0.1, -0.05) is 24.3 Å². The lowest BCUT2D eigenvalue weighted by molar-refractivity contribution is -0.139. The molecule has 27 heavy (non-hydrogen) atoms. The predicted octanol–water partition coefficient (Wildman–Crippen LogP) is 3.14. The van der Waals surface area contributed by atoms with Gasteiger partial charge in [-0.05, 0) is 49.2 Å². The standard InChI is InChI=1S/C21H26N2O4/c1-21(2,20(24)23-15-19(25-3)26-4)27-18-9-7-16(8-10-18)5-6-17-11-13-22-14-12-17/h5-14,19H,15H2,1-4H3,(H,23,24)/b6-5+. The minimum Gasteiger partial charge on any atom is -0.478 e. The number of carbonyl (C=O) groups excluding carboxylic acids is 1. The maximum absolute atomic E-state index is 12.4. The molecule has 1 aromatic carbocycles. The molecular weight excluding hydrogens is 344 g/mol. The van der Waals surface area contributed by atoms with Crippen molar-refractivity contribution >= 4 is 18.1 Å². The molecule has 6 nitrogen and oxygen atoms in total. The molecule has 0 unspecified atom stereocenters. The van der Waals surface area contributed by atoms with Crippen molar-refractivity contribution in [2.24, 2.45) is 0 Å². The minimum absolute atomic E-state index is 0.247. The van der Waals surface area contributed by atoms with Gasteiger partial charge in [0.1, 0.15) is 5.75 Å². The van der Waals surface area contributed by atoms with Crippen molar-refractivity contribution < 1.29 is 19.0 Å². The number of nitrogens with zero attached hydrogens (tertiary/aromatic N) is 1. The van der Waals surface area contributed by atoms with Crippen LogP contribution in [0.1, 0.15) is 25.0 Å². The van der Waals surface area contributed by atoms with Crippen molar-refractivity contribution in [3.63, 3.8) is 0 Å². The Hall–Kier alpha value is -2.70. The van der Waals surface area contributed by atoms with Gasteiger partial charge < -0.3 is 19.5 Å². The molecule has 0 saturated carbocycles. The van der Waals surface area contributed by atoms with Gasteiger partial charge in [0.05, 0.1) is 6.54 Å². The zero-order valence-corrected chi connectivity index (χ0v) is 16.1. The molecule has 0 bridgehead atoms. The van der Waals surface area contributed by atoms with Crippen LogP contribution in [-0.2, 0) is 14.3 Å². The molecule has 1 N–H and O–H groups in total. The lowest BCUT2D eigenvalue weighted by atomic mass is 10.1. The van der Waals surface area contributed by atoms with E-state index in [2.05, 4.69) is 10.3 Å². The van der Waals surface area contributed by atoms with E-state index in [1.54, 1.807) is 26.2 Å². The van der Waals surface area contributed by atoms with Crippen LogP contribution in [0.15, 0.2) is 48.8 Å². The zero-order valence-electron chi connectivity index (χ0n) is 16.1. The highest BCUT2D eigenvalue weighted by molar-refractivity contribution is 5.84. The molecule has 0 aliphatic rings. The quantitative estimate of drug-likeness (QED) is 0.687. The number of benzene rings is 1. The van der Waals surface area contributed by atoms with Gasteiger partial charge in [-0.3, -0.25) is 9.78 Å². The van der Waals surface area contributed by atoms with E-state index in [-0.39, 0.29) is 12.5 Å². The van der Waals surface area contributed by atoms with Gasteiger partial charge in [0, 0.05) is 26.6 Å². The largest absolute Gasteiger partial charge is 0.478 e. The molecule has 1 amide bonds. The van der Waals surface area contributed by atoms with Crippen molar-refractivity contribution in [1.82, 2.24) is 10.3 Å². The van der Waals surface area contributed by atoms with Crippen molar-refractivity contribution in [2.45, 2.75) is 25.7 Å². The maximum atomic E-state index is 12.4. The highest BCUT2D eigenvalue weighted by Gasteiger charge is 2.30. The molecule has 144 valence electrons. The van der Waals surface area contributed by atoms with Crippen LogP contribution in [0.3, 0.4) is 0 Å². The van der Waals surface area contributed by atoms with E-state index in [1.807, 2.05) is 48.6 Å². The van der Waals surface area contributed by atoms with Crippen LogP contribution < -0.4 is 10.1 Å². The van der Waals surface area contributed by atoms with Crippen LogP contribution >= 0.6 is 0 Å². The van der Waals surface area contributed by atoms with E-state index >= 15 is 0 Å². The van der Waals surface area contributed by atoms with Gasteiger partial charge in [0.15, 0.2) is 11.9 Å². The predicted molar refractivity (Wildman–Crippen MR) is 105 cm³/mol. The molecule has 1 aromatic heterocycles. The zero-order chi connectivity index (χ0) is 19.7. The van der Waals surface area contributed by atoms with E-state index in [1.165, 1.54) is 14.2 Å². The average Bonchev–Trinajstić information content (AvgIpc) is 2.68. The second-order valence-electron chi connectivity index (χ2n) is 6.41. The molecular formula is C21H26N2O4. The summed E-state index contributed by atoms with van der Waals surface area (Å²) in [5, 5.41) is 2.76. The van der Waals surface area contributed by atoms with Gasteiger partial charge in [-0.2, -0.15) is 0 Å². The number of ether oxygens (including phenoxy) is 3. The third-order valence-corrected chi connectivity index (χ3v) is 3.93. The first-order valence-corrected chi connectivity index (χ1v) is 8.65. The van der Waals surface area contributed by atoms with Crippen molar-refractivity contribution in [3.8, 4) is 5.75 Å². The monoisotopic (exact) mass is 370 g/mol. The molecule has 2 rings (SSSR count). The second kappa shape index (κ2) is 9.85. The molecule has 0 fully saturated rings. The second-order valence-corrected chi connectivity index (χ2v) is 6.41. The van der Waals surface area contributed by atoms with E-state index in [0.717, 1.165) is 11.1 Å². The summed E-state index contributed by atoms with van der Waals surface area (Å²) in [5.74, 6) is 0.370. The number of hydrogen-bond acceptors (Lipinski definition) is 5. The fraction of sp³-hybridized carbons (Fsp3) is 0.333. The van der Waals surface area contributed by atoms with E-state index in [4.69, 9.17) is 14.2 Å². The van der Waals surface area contributed by atoms with Crippen molar-refractivity contribution in [1.29, 1.82) is 0 Å². The van der Waals surface area contributed by atoms with Gasteiger partial charge >= 0.3 is 0 Å². The minimum atomic E-state index is -1.03. The Morgan fingerprint density at radius 1 is 1.04 bits per heavy atom. The van der Waals surface area contributed by atoms with Crippen LogP contribution in [-0.4, -0.2) is 43.5 Å². The average molecular weight is 370 g/mol. The molecule has 0 aliphatic heterocycles. The topological polar surface area (TPSA) is 69.7 Å². The molecule has 0 spiro atoms. The van der Waals surface area contributed by atoms with Gasteiger partial charge in [-0.25, -0.2) is 0 Å². The summed E-state index contributed by atoms with van der Waals surface area (Å²) in [7, 11) is 3.04. The van der Waals surface area contributed by atoms with E-state index in [9.17, 15) is 4.79 Å². The summed E-state index contributed by atoms with van der Waals surface area (Å²) in [6.45, 7) is 3.68. The smallest absolute Gasteiger partial charge is 0.263 e. The number of carbonyl (C=O) groups is 1. The highest BCUT2D eigenvalue weighted by atomic mass is 16.7. The van der Waals surface area contributed by atoms with Crippen LogP contribution in [0.25, 0.3) is 12.2 Å². The SMILES string of the molecule is COC(CNC(=O)C(C)(C)Oc1ccc(/C=C/c2ccncc2)cc1)OC. The lowest BCUT2D eigenvalue weighted by Crippen LogP contribution is -2.48. The fourth-order valence-corrected chi connectivity index (χ4v) is 2.31. The number of nitrogens with one attached hydrogen (secondary N) is 1. The number of aromatic nitrogens is 1. The first-order chi connectivity index (χ1) is 12.9. The van der Waals surface area contributed by atoms with Gasteiger partial charge in [0.25, 0.3) is 5.91 Å². The molecule has 2 aromatic rings. The normalized spacial score (nSPS) is 11.7. The van der Waals surface area contributed by atoms with Crippen molar-refractivity contribution in [2.75, 3.05) is 20.8 Å². The van der Waals surface area contributed by atoms with Gasteiger partial charge in [-0.15, -0.1) is 0 Å². The number of rotatable bonds is 9. The third kappa shape index (κ3) is 6.51. The summed E-state index contributed by atoms with van der Waals surface area (Å²) >= 11 is 0. The Labute approximate surface area is 160 Å². The Bertz CT molecular complexity index is 739. The summed E-state index contributed by atoms with van der Waals surface area (Å²) in [4.78, 5) is 16.4. The van der Waals surface area contributed by atoms with E-state index < -0.39 is 11.9 Å². The number of hydrogen-bond donors (Lipinski definition) is 1. The Kier molecular flexibility index (Phi) is 7.52. The molecule has 0 atom stereocenters. The van der Waals surface area contributed by atoms with Crippen LogP contribution in [0, 0.1) is 0 Å². The van der Waals surface area contributed by atoms with E-state index in [0.29, 0.717) is 5.75 Å². The summed E-state index contributed by atoms with van der Waals surface area (Å²) < 4.78 is 16.0. The Morgan fingerprint density at radius 2 is 1.59 bits per heavy atom. The third-order valence-electron chi connectivity index (χ3n) is 3.93. The molecule has 0 aliphatic carbocycles. The number of pyridine rings is 1. The lowest BCUT2D eigenvalue weighted by Gasteiger charge is -2.26. The first-order valence-electron chi connectivity index (χ1n) is 8.65. The number of amides is 1. The number of methoxy groups -OCH3 is 2. The summed E-state index contributed by atoms with van der Waals surface area (Å²) in [6.07, 6.45) is 7.04.